The van der Waals surface area contributed by atoms with Crippen LogP contribution in [0.4, 0.5) is 0 Å². The molecular weight excluding hydrogens is 278 g/mol. The molecule has 0 radical (unpaired) electrons. The van der Waals surface area contributed by atoms with Gasteiger partial charge in [0.2, 0.25) is 0 Å². The number of aromatic amines is 2. The lowest BCUT2D eigenvalue weighted by molar-refractivity contribution is 0.0601. The highest BCUT2D eigenvalue weighted by molar-refractivity contribution is 7.71. The summed E-state index contributed by atoms with van der Waals surface area (Å²) >= 11 is 4.89. The molecule has 0 unspecified atom stereocenters. The maximum atomic E-state index is 11.6. The molecule has 0 aliphatic heterocycles. The van der Waals surface area contributed by atoms with Crippen LogP contribution in [0.25, 0.3) is 11.3 Å². The molecule has 2 rings (SSSR count). The van der Waals surface area contributed by atoms with Gasteiger partial charge < -0.3 is 9.72 Å². The Morgan fingerprint density at radius 2 is 1.95 bits per heavy atom. The number of benzene rings is 1. The van der Waals surface area contributed by atoms with E-state index >= 15 is 0 Å². The number of carbonyl (C=O) groups is 1. The van der Waals surface area contributed by atoms with Crippen molar-refractivity contribution in [3.63, 3.8) is 0 Å². The van der Waals surface area contributed by atoms with Gasteiger partial charge in [-0.1, -0.05) is 12.1 Å². The zero-order valence-electron chi connectivity index (χ0n) is 10.4. The summed E-state index contributed by atoms with van der Waals surface area (Å²) in [5, 5.41) is 9.03. The van der Waals surface area contributed by atoms with Gasteiger partial charge in [-0.3, -0.25) is 9.78 Å². The number of aromatic nitrogens is 2. The minimum absolute atomic E-state index is 0.0654. The lowest BCUT2D eigenvalue weighted by atomic mass is 10.1. The summed E-state index contributed by atoms with van der Waals surface area (Å²) in [5.41, 5.74) is 0.648. The molecule has 20 heavy (non-hydrogen) atoms. The third-order valence-corrected chi connectivity index (χ3v) is 2.85. The molecule has 0 amide bonds. The first-order chi connectivity index (χ1) is 9.56. The first kappa shape index (κ1) is 13.7. The normalized spacial score (nSPS) is 9.80. The van der Waals surface area contributed by atoms with Gasteiger partial charge in [0.05, 0.1) is 18.4 Å². The van der Waals surface area contributed by atoms with Crippen LogP contribution in [-0.4, -0.2) is 23.0 Å². The molecule has 0 atom stereocenters. The van der Waals surface area contributed by atoms with Gasteiger partial charge in [0.25, 0.3) is 5.56 Å². The van der Waals surface area contributed by atoms with Gasteiger partial charge in [-0.05, 0) is 29.9 Å². The van der Waals surface area contributed by atoms with Gasteiger partial charge >= 0.3 is 5.97 Å². The summed E-state index contributed by atoms with van der Waals surface area (Å²) < 4.78 is 4.72. The van der Waals surface area contributed by atoms with E-state index < -0.39 is 11.5 Å². The van der Waals surface area contributed by atoms with Crippen LogP contribution in [0.2, 0.25) is 0 Å². The fraction of sp³-hybridized carbons (Fsp3) is 0.0769. The molecule has 7 heteroatoms. The molecule has 0 aliphatic rings. The number of nitrogens with one attached hydrogen (secondary N) is 2. The molecule has 0 spiro atoms. The van der Waals surface area contributed by atoms with Crippen LogP contribution >= 0.6 is 12.2 Å². The summed E-state index contributed by atoms with van der Waals surface area (Å²) in [7, 11) is 1.29. The smallest absolute Gasteiger partial charge is 0.337 e. The number of rotatable bonds is 2. The van der Waals surface area contributed by atoms with Crippen molar-refractivity contribution < 1.29 is 9.53 Å². The van der Waals surface area contributed by atoms with Crippen molar-refractivity contribution in [1.29, 1.82) is 5.26 Å². The van der Waals surface area contributed by atoms with Crippen LogP contribution in [0.1, 0.15) is 15.9 Å². The summed E-state index contributed by atoms with van der Waals surface area (Å²) in [6, 6.07) is 8.12. The van der Waals surface area contributed by atoms with E-state index in [2.05, 4.69) is 14.7 Å². The quantitative estimate of drug-likeness (QED) is 0.647. The van der Waals surface area contributed by atoms with Crippen LogP contribution in [0, 0.1) is 16.1 Å². The molecule has 6 nitrogen and oxygen atoms in total. The summed E-state index contributed by atoms with van der Waals surface area (Å²) in [4.78, 5) is 28.1. The molecule has 1 aromatic carbocycles. The van der Waals surface area contributed by atoms with Crippen LogP contribution in [0.5, 0.6) is 0 Å². The Hall–Kier alpha value is -2.72. The zero-order valence-corrected chi connectivity index (χ0v) is 11.2. The molecule has 0 fully saturated rings. The Morgan fingerprint density at radius 1 is 1.30 bits per heavy atom. The maximum Gasteiger partial charge on any atom is 0.337 e. The predicted molar refractivity (Wildman–Crippen MR) is 73.7 cm³/mol. The minimum atomic E-state index is -0.553. The van der Waals surface area contributed by atoms with E-state index in [9.17, 15) is 9.59 Å². The van der Waals surface area contributed by atoms with Crippen molar-refractivity contribution in [2.75, 3.05) is 7.11 Å². The average molecular weight is 287 g/mol. The maximum absolute atomic E-state index is 11.6. The third-order valence-electron chi connectivity index (χ3n) is 2.65. The van der Waals surface area contributed by atoms with Crippen molar-refractivity contribution in [3.8, 4) is 17.3 Å². The summed E-state index contributed by atoms with van der Waals surface area (Å²) in [6.07, 6.45) is 0. The molecule has 1 heterocycles. The first-order valence-corrected chi connectivity index (χ1v) is 5.93. The van der Waals surface area contributed by atoms with Crippen molar-refractivity contribution in [2.45, 2.75) is 0 Å². The second kappa shape index (κ2) is 5.50. The van der Waals surface area contributed by atoms with E-state index in [1.807, 2.05) is 6.07 Å². The second-order valence-electron chi connectivity index (χ2n) is 3.84. The molecule has 2 aromatic rings. The summed E-state index contributed by atoms with van der Waals surface area (Å²) in [5.74, 6) is -0.462. The molecular formula is C13H9N3O3S. The molecule has 2 N–H and O–H groups in total. The van der Waals surface area contributed by atoms with Crippen molar-refractivity contribution in [3.05, 3.63) is 50.5 Å². The molecule has 0 bridgehead atoms. The summed E-state index contributed by atoms with van der Waals surface area (Å²) in [6.45, 7) is 0. The van der Waals surface area contributed by atoms with E-state index in [0.717, 1.165) is 0 Å². The first-order valence-electron chi connectivity index (χ1n) is 5.52. The number of esters is 1. The van der Waals surface area contributed by atoms with E-state index in [-0.39, 0.29) is 10.3 Å². The zero-order chi connectivity index (χ0) is 14.7. The topological polar surface area (TPSA) is 98.7 Å². The molecule has 0 aliphatic carbocycles. The Kier molecular flexibility index (Phi) is 3.77. The molecule has 0 saturated heterocycles. The number of methoxy groups -OCH3 is 1. The number of H-pyrrole nitrogens is 2. The van der Waals surface area contributed by atoms with Gasteiger partial charge in [-0.15, -0.1) is 0 Å². The van der Waals surface area contributed by atoms with E-state index in [4.69, 9.17) is 17.5 Å². The van der Waals surface area contributed by atoms with Crippen LogP contribution in [0.3, 0.4) is 0 Å². The highest BCUT2D eigenvalue weighted by Gasteiger charge is 2.11. The Balaban J connectivity index is 2.58. The van der Waals surface area contributed by atoms with Gasteiger partial charge in [-0.25, -0.2) is 4.79 Å². The highest BCUT2D eigenvalue weighted by atomic mass is 32.1. The lowest BCUT2D eigenvalue weighted by Crippen LogP contribution is -2.13. The second-order valence-corrected chi connectivity index (χ2v) is 4.25. The van der Waals surface area contributed by atoms with E-state index in [1.54, 1.807) is 24.3 Å². The molecule has 1 aromatic heterocycles. The molecule has 0 saturated carbocycles. The van der Waals surface area contributed by atoms with Crippen LogP contribution in [-0.2, 0) is 4.74 Å². The predicted octanol–water partition coefficient (Wildman–Crippen LogP) is 1.76. The van der Waals surface area contributed by atoms with Crippen LogP contribution < -0.4 is 5.56 Å². The fourth-order valence-corrected chi connectivity index (χ4v) is 1.90. The SMILES string of the molecule is COC(=O)c1ccc(-c2[nH]c(=S)[nH]c(=O)c2C#N)cc1. The number of ether oxygens (including phenoxy) is 1. The van der Waals surface area contributed by atoms with Crippen molar-refractivity contribution in [2.24, 2.45) is 0 Å². The third kappa shape index (κ3) is 2.50. The monoisotopic (exact) mass is 287 g/mol. The Labute approximate surface area is 118 Å². The molecule has 100 valence electrons. The number of carbonyl (C=O) groups excluding carboxylic acids is 1. The van der Waals surface area contributed by atoms with Gasteiger partial charge in [0, 0.05) is 0 Å². The largest absolute Gasteiger partial charge is 0.465 e. The number of nitrogens with zero attached hydrogens (tertiary/aromatic N) is 1. The number of hydrogen-bond donors (Lipinski definition) is 2. The van der Waals surface area contributed by atoms with Gasteiger partial charge in [-0.2, -0.15) is 5.26 Å². The van der Waals surface area contributed by atoms with Gasteiger partial charge in [0.1, 0.15) is 11.6 Å². The number of hydrogen-bond acceptors (Lipinski definition) is 5. The fourth-order valence-electron chi connectivity index (χ4n) is 1.70. The number of nitriles is 1. The Morgan fingerprint density at radius 3 is 2.50 bits per heavy atom. The average Bonchev–Trinajstić information content (AvgIpc) is 2.46. The van der Waals surface area contributed by atoms with Gasteiger partial charge in [0.15, 0.2) is 4.77 Å². The highest BCUT2D eigenvalue weighted by Crippen LogP contribution is 2.19. The van der Waals surface area contributed by atoms with E-state index in [0.29, 0.717) is 16.8 Å². The minimum Gasteiger partial charge on any atom is -0.465 e. The lowest BCUT2D eigenvalue weighted by Gasteiger charge is -2.05. The Bertz CT molecular complexity index is 812. The van der Waals surface area contributed by atoms with Crippen molar-refractivity contribution >= 4 is 18.2 Å². The van der Waals surface area contributed by atoms with E-state index in [1.165, 1.54) is 7.11 Å². The van der Waals surface area contributed by atoms with Crippen molar-refractivity contribution in [1.82, 2.24) is 9.97 Å². The van der Waals surface area contributed by atoms with Crippen LogP contribution in [0.15, 0.2) is 29.1 Å². The standard InChI is InChI=1S/C13H9N3O3S/c1-19-12(18)8-4-2-7(3-5-8)10-9(6-14)11(17)16-13(20)15-10/h2-5H,1H3,(H2,15,16,17,20).